The van der Waals surface area contributed by atoms with E-state index in [1.165, 1.54) is 77.0 Å². The summed E-state index contributed by atoms with van der Waals surface area (Å²) < 4.78 is 20.3. The second-order valence-electron chi connectivity index (χ2n) is 9.01. The standard InChI is InChI=1S/C29H44FNO/c1-3-5-7-9-11-12-14-16-24-32-27-21-18-25(19-22-27)28-23-20-26(29(30)31-28)17-15-13-10-8-6-4-2/h18-23H,3-17,24H2,1-2H3. The van der Waals surface area contributed by atoms with Crippen molar-refractivity contribution < 1.29 is 9.13 Å². The molecule has 0 saturated heterocycles. The Labute approximate surface area is 196 Å². The fourth-order valence-corrected chi connectivity index (χ4v) is 4.05. The molecule has 32 heavy (non-hydrogen) atoms. The summed E-state index contributed by atoms with van der Waals surface area (Å²) in [5.74, 6) is 0.544. The molecule has 2 nitrogen and oxygen atoms in total. The van der Waals surface area contributed by atoms with Crippen molar-refractivity contribution >= 4 is 0 Å². The zero-order valence-corrected chi connectivity index (χ0v) is 20.5. The number of nitrogens with zero attached hydrogens (tertiary/aromatic N) is 1. The van der Waals surface area contributed by atoms with Crippen LogP contribution in [0.2, 0.25) is 0 Å². The van der Waals surface area contributed by atoms with E-state index in [0.717, 1.165) is 42.7 Å². The molecule has 2 aromatic rings. The predicted molar refractivity (Wildman–Crippen MR) is 135 cm³/mol. The van der Waals surface area contributed by atoms with Crippen LogP contribution < -0.4 is 4.74 Å². The topological polar surface area (TPSA) is 22.1 Å². The minimum absolute atomic E-state index is 0.328. The van der Waals surface area contributed by atoms with E-state index < -0.39 is 0 Å². The van der Waals surface area contributed by atoms with Gasteiger partial charge in [-0.2, -0.15) is 4.39 Å². The van der Waals surface area contributed by atoms with E-state index in [-0.39, 0.29) is 5.95 Å². The van der Waals surface area contributed by atoms with Gasteiger partial charge in [0.15, 0.2) is 0 Å². The Morgan fingerprint density at radius 3 is 1.81 bits per heavy atom. The molecule has 1 aromatic heterocycles. The lowest BCUT2D eigenvalue weighted by molar-refractivity contribution is 0.304. The van der Waals surface area contributed by atoms with Crippen molar-refractivity contribution in [2.45, 2.75) is 110 Å². The van der Waals surface area contributed by atoms with Crippen LogP contribution in [0, 0.1) is 5.95 Å². The van der Waals surface area contributed by atoms with Gasteiger partial charge in [0, 0.05) is 11.1 Å². The Hall–Kier alpha value is -1.90. The van der Waals surface area contributed by atoms with Crippen LogP contribution in [0.5, 0.6) is 5.75 Å². The first kappa shape index (κ1) is 26.4. The summed E-state index contributed by atoms with van der Waals surface area (Å²) in [7, 11) is 0. The molecule has 0 aliphatic carbocycles. The van der Waals surface area contributed by atoms with Gasteiger partial charge in [0.25, 0.3) is 0 Å². The predicted octanol–water partition coefficient (Wildman–Crippen LogP) is 9.31. The number of halogens is 1. The number of unbranched alkanes of at least 4 members (excludes halogenated alkanes) is 12. The van der Waals surface area contributed by atoms with E-state index in [4.69, 9.17) is 4.74 Å². The molecule has 0 saturated carbocycles. The van der Waals surface area contributed by atoms with Crippen LogP contribution in [0.15, 0.2) is 36.4 Å². The molecule has 0 bridgehead atoms. The minimum atomic E-state index is -0.328. The molecule has 0 N–H and O–H groups in total. The molecule has 3 heteroatoms. The maximum absolute atomic E-state index is 14.5. The smallest absolute Gasteiger partial charge is 0.216 e. The highest BCUT2D eigenvalue weighted by atomic mass is 19.1. The van der Waals surface area contributed by atoms with Crippen LogP contribution in [0.1, 0.15) is 109 Å². The lowest BCUT2D eigenvalue weighted by Gasteiger charge is -2.08. The first-order valence-electron chi connectivity index (χ1n) is 13.1. The lowest BCUT2D eigenvalue weighted by Crippen LogP contribution is -1.98. The molecule has 0 atom stereocenters. The van der Waals surface area contributed by atoms with Crippen LogP contribution >= 0.6 is 0 Å². The van der Waals surface area contributed by atoms with E-state index in [2.05, 4.69) is 18.8 Å². The third-order valence-corrected chi connectivity index (χ3v) is 6.14. The van der Waals surface area contributed by atoms with E-state index >= 15 is 0 Å². The summed E-state index contributed by atoms with van der Waals surface area (Å²) in [6.07, 6.45) is 18.5. The fourth-order valence-electron chi connectivity index (χ4n) is 4.05. The summed E-state index contributed by atoms with van der Waals surface area (Å²) in [6.45, 7) is 5.24. The van der Waals surface area contributed by atoms with Crippen LogP contribution in [-0.2, 0) is 6.42 Å². The molecule has 0 spiro atoms. The first-order chi connectivity index (χ1) is 15.7. The average molecular weight is 442 g/mol. The molecular weight excluding hydrogens is 397 g/mol. The second kappa shape index (κ2) is 16.7. The SMILES string of the molecule is CCCCCCCCCCOc1ccc(-c2ccc(CCCCCCCC)c(F)n2)cc1. The molecule has 0 aliphatic heterocycles. The molecule has 178 valence electrons. The van der Waals surface area contributed by atoms with Gasteiger partial charge < -0.3 is 4.74 Å². The third-order valence-electron chi connectivity index (χ3n) is 6.14. The van der Waals surface area contributed by atoms with Crippen molar-refractivity contribution in [2.75, 3.05) is 6.61 Å². The molecular formula is C29H44FNO. The van der Waals surface area contributed by atoms with Crippen molar-refractivity contribution in [3.05, 3.63) is 47.9 Å². The maximum atomic E-state index is 14.5. The van der Waals surface area contributed by atoms with Gasteiger partial charge in [-0.05, 0) is 49.6 Å². The largest absolute Gasteiger partial charge is 0.494 e. The van der Waals surface area contributed by atoms with Gasteiger partial charge in [0.2, 0.25) is 5.95 Å². The summed E-state index contributed by atoms with van der Waals surface area (Å²) in [4.78, 5) is 4.22. The van der Waals surface area contributed by atoms with E-state index in [1.54, 1.807) is 0 Å². The molecule has 0 radical (unpaired) electrons. The van der Waals surface area contributed by atoms with Gasteiger partial charge in [-0.1, -0.05) is 97.0 Å². The summed E-state index contributed by atoms with van der Waals surface area (Å²) in [5, 5.41) is 0. The highest BCUT2D eigenvalue weighted by molar-refractivity contribution is 5.60. The molecule has 0 aliphatic rings. The number of aromatic nitrogens is 1. The van der Waals surface area contributed by atoms with Gasteiger partial charge >= 0.3 is 0 Å². The molecule has 0 amide bonds. The first-order valence-corrected chi connectivity index (χ1v) is 13.1. The summed E-state index contributed by atoms with van der Waals surface area (Å²) >= 11 is 0. The molecule has 1 heterocycles. The van der Waals surface area contributed by atoms with Crippen LogP contribution in [0.25, 0.3) is 11.3 Å². The Balaban J connectivity index is 1.69. The fraction of sp³-hybridized carbons (Fsp3) is 0.621. The third kappa shape index (κ3) is 10.6. The normalized spacial score (nSPS) is 11.1. The number of rotatable bonds is 18. The quantitative estimate of drug-likeness (QED) is 0.170. The van der Waals surface area contributed by atoms with E-state index in [1.807, 2.05) is 36.4 Å². The zero-order valence-electron chi connectivity index (χ0n) is 20.5. The van der Waals surface area contributed by atoms with Gasteiger partial charge in [-0.25, -0.2) is 4.98 Å². The van der Waals surface area contributed by atoms with Crippen molar-refractivity contribution in [1.29, 1.82) is 0 Å². The number of pyridine rings is 1. The zero-order chi connectivity index (χ0) is 22.9. The minimum Gasteiger partial charge on any atom is -0.494 e. The average Bonchev–Trinajstić information content (AvgIpc) is 2.81. The number of ether oxygens (including phenoxy) is 1. The monoisotopic (exact) mass is 441 g/mol. The maximum Gasteiger partial charge on any atom is 0.216 e. The van der Waals surface area contributed by atoms with E-state index in [9.17, 15) is 4.39 Å². The Morgan fingerprint density at radius 1 is 0.656 bits per heavy atom. The molecule has 0 fully saturated rings. The van der Waals surface area contributed by atoms with E-state index in [0.29, 0.717) is 5.69 Å². The highest BCUT2D eigenvalue weighted by Gasteiger charge is 2.07. The van der Waals surface area contributed by atoms with Crippen LogP contribution in [0.3, 0.4) is 0 Å². The van der Waals surface area contributed by atoms with Crippen LogP contribution in [-0.4, -0.2) is 11.6 Å². The number of hydrogen-bond acceptors (Lipinski definition) is 2. The van der Waals surface area contributed by atoms with Gasteiger partial charge in [0.05, 0.1) is 12.3 Å². The molecule has 1 aromatic carbocycles. The summed E-state index contributed by atoms with van der Waals surface area (Å²) in [6, 6.07) is 11.7. The lowest BCUT2D eigenvalue weighted by atomic mass is 10.0. The van der Waals surface area contributed by atoms with Crippen molar-refractivity contribution in [3.63, 3.8) is 0 Å². The molecule has 0 unspecified atom stereocenters. The van der Waals surface area contributed by atoms with Crippen molar-refractivity contribution in [2.24, 2.45) is 0 Å². The van der Waals surface area contributed by atoms with Crippen LogP contribution in [0.4, 0.5) is 4.39 Å². The summed E-state index contributed by atoms with van der Waals surface area (Å²) in [5.41, 5.74) is 2.34. The highest BCUT2D eigenvalue weighted by Crippen LogP contribution is 2.23. The van der Waals surface area contributed by atoms with Crippen molar-refractivity contribution in [1.82, 2.24) is 4.98 Å². The Bertz CT molecular complexity index is 728. The number of benzene rings is 1. The van der Waals surface area contributed by atoms with Crippen molar-refractivity contribution in [3.8, 4) is 17.0 Å². The van der Waals surface area contributed by atoms with Gasteiger partial charge in [-0.15, -0.1) is 0 Å². The van der Waals surface area contributed by atoms with Gasteiger partial charge in [0.1, 0.15) is 5.75 Å². The number of aryl methyl sites for hydroxylation is 1. The Morgan fingerprint density at radius 2 is 1.22 bits per heavy atom. The molecule has 2 rings (SSSR count). The second-order valence-corrected chi connectivity index (χ2v) is 9.01. The van der Waals surface area contributed by atoms with Gasteiger partial charge in [-0.3, -0.25) is 0 Å². The number of hydrogen-bond donors (Lipinski definition) is 0. The Kier molecular flexibility index (Phi) is 13.7.